The number of alkyl halides is 3. The number of Topliss-reactive ketones (excluding diaryl/α,β-unsaturated/α-hetero) is 1. The molecule has 0 fully saturated rings. The van der Waals surface area contributed by atoms with Gasteiger partial charge in [0, 0.05) is 6.20 Å². The number of pyridine rings is 1. The lowest BCUT2D eigenvalue weighted by molar-refractivity contribution is -0.137. The summed E-state index contributed by atoms with van der Waals surface area (Å²) in [5.41, 5.74) is -0.926. The lowest BCUT2D eigenvalue weighted by atomic mass is 10.1. The third-order valence-corrected chi connectivity index (χ3v) is 3.49. The van der Waals surface area contributed by atoms with Crippen molar-refractivity contribution in [2.75, 3.05) is 0 Å². The van der Waals surface area contributed by atoms with Crippen molar-refractivity contribution in [1.29, 1.82) is 0 Å². The first-order valence-corrected chi connectivity index (χ1v) is 5.84. The van der Waals surface area contributed by atoms with Crippen molar-refractivity contribution in [3.8, 4) is 10.6 Å². The number of thiophene rings is 1. The van der Waals surface area contributed by atoms with Gasteiger partial charge in [0.25, 0.3) is 0 Å². The summed E-state index contributed by atoms with van der Waals surface area (Å²) in [7, 11) is 0. The third kappa shape index (κ3) is 2.43. The molecular formula is C12H8F3NOS. The van der Waals surface area contributed by atoms with E-state index in [1.54, 1.807) is 0 Å². The molecule has 0 atom stereocenters. The smallest absolute Gasteiger partial charge is 0.294 e. The van der Waals surface area contributed by atoms with E-state index in [4.69, 9.17) is 0 Å². The molecule has 0 unspecified atom stereocenters. The highest BCUT2D eigenvalue weighted by molar-refractivity contribution is 7.17. The van der Waals surface area contributed by atoms with E-state index >= 15 is 0 Å². The summed E-state index contributed by atoms with van der Waals surface area (Å²) in [5, 5.41) is 0. The van der Waals surface area contributed by atoms with Crippen LogP contribution in [0.2, 0.25) is 0 Å². The van der Waals surface area contributed by atoms with Gasteiger partial charge >= 0.3 is 6.18 Å². The molecule has 0 saturated carbocycles. The Morgan fingerprint density at radius 1 is 1.28 bits per heavy atom. The molecule has 2 aromatic heterocycles. The highest BCUT2D eigenvalue weighted by atomic mass is 32.1. The molecule has 0 radical (unpaired) electrons. The van der Waals surface area contributed by atoms with Gasteiger partial charge < -0.3 is 0 Å². The molecule has 0 amide bonds. The Balaban J connectivity index is 2.53. The Morgan fingerprint density at radius 2 is 2.00 bits per heavy atom. The molecule has 0 spiro atoms. The molecule has 18 heavy (non-hydrogen) atoms. The molecule has 0 aliphatic carbocycles. The van der Waals surface area contributed by atoms with E-state index in [9.17, 15) is 18.0 Å². The number of hydrogen-bond acceptors (Lipinski definition) is 3. The molecule has 0 N–H and O–H groups in total. The van der Waals surface area contributed by atoms with E-state index in [0.29, 0.717) is 9.75 Å². The number of aromatic nitrogens is 1. The van der Waals surface area contributed by atoms with Crippen LogP contribution < -0.4 is 0 Å². The molecule has 0 bridgehead atoms. The summed E-state index contributed by atoms with van der Waals surface area (Å²) in [6.45, 7) is 1.37. The molecule has 2 heterocycles. The van der Waals surface area contributed by atoms with Crippen molar-refractivity contribution >= 4 is 17.1 Å². The number of halogens is 3. The van der Waals surface area contributed by atoms with Crippen molar-refractivity contribution in [3.63, 3.8) is 0 Å². The van der Waals surface area contributed by atoms with Gasteiger partial charge in [-0.2, -0.15) is 13.2 Å². The maximum Gasteiger partial charge on any atom is 0.418 e. The Morgan fingerprint density at radius 3 is 2.56 bits per heavy atom. The van der Waals surface area contributed by atoms with Crippen LogP contribution in [-0.4, -0.2) is 10.8 Å². The number of carbonyl (C=O) groups is 1. The van der Waals surface area contributed by atoms with Gasteiger partial charge in [-0.1, -0.05) is 0 Å². The molecule has 0 aliphatic rings. The Hall–Kier alpha value is -1.69. The van der Waals surface area contributed by atoms with E-state index in [-0.39, 0.29) is 11.5 Å². The maximum absolute atomic E-state index is 12.8. The van der Waals surface area contributed by atoms with Crippen LogP contribution in [0.1, 0.15) is 22.2 Å². The normalized spacial score (nSPS) is 11.6. The molecule has 6 heteroatoms. The average molecular weight is 271 g/mol. The van der Waals surface area contributed by atoms with Gasteiger partial charge in [0.2, 0.25) is 0 Å². The summed E-state index contributed by atoms with van der Waals surface area (Å²) in [5.74, 6) is -0.171. The number of ketones is 1. The summed E-state index contributed by atoms with van der Waals surface area (Å²) in [4.78, 5) is 15.7. The second-order valence-electron chi connectivity index (χ2n) is 3.62. The summed E-state index contributed by atoms with van der Waals surface area (Å²) >= 11 is 1.01. The number of hydrogen-bond donors (Lipinski definition) is 0. The predicted molar refractivity (Wildman–Crippen MR) is 62.6 cm³/mol. The van der Waals surface area contributed by atoms with Crippen LogP contribution in [0, 0.1) is 0 Å². The van der Waals surface area contributed by atoms with E-state index < -0.39 is 11.7 Å². The van der Waals surface area contributed by atoms with E-state index in [0.717, 1.165) is 17.4 Å². The van der Waals surface area contributed by atoms with Crippen molar-refractivity contribution in [2.24, 2.45) is 0 Å². The monoisotopic (exact) mass is 271 g/mol. The molecular weight excluding hydrogens is 263 g/mol. The first-order chi connectivity index (χ1) is 8.39. The van der Waals surface area contributed by atoms with Crippen LogP contribution in [0.25, 0.3) is 10.6 Å². The zero-order valence-corrected chi connectivity index (χ0v) is 10.1. The standard InChI is InChI=1S/C12H8F3NOS/c1-7(17)9-4-5-10(18-9)11-8(12(13,14)15)3-2-6-16-11/h2-6H,1H3. The molecule has 0 saturated heterocycles. The van der Waals surface area contributed by atoms with Gasteiger partial charge in [-0.25, -0.2) is 0 Å². The fourth-order valence-electron chi connectivity index (χ4n) is 1.48. The van der Waals surface area contributed by atoms with E-state index in [2.05, 4.69) is 4.98 Å². The van der Waals surface area contributed by atoms with Crippen molar-refractivity contribution < 1.29 is 18.0 Å². The van der Waals surface area contributed by atoms with Gasteiger partial charge in [0.1, 0.15) is 0 Å². The number of nitrogens with zero attached hydrogens (tertiary/aromatic N) is 1. The van der Waals surface area contributed by atoms with E-state index in [1.807, 2.05) is 0 Å². The second-order valence-corrected chi connectivity index (χ2v) is 4.70. The average Bonchev–Trinajstić information content (AvgIpc) is 2.77. The summed E-state index contributed by atoms with van der Waals surface area (Å²) < 4.78 is 38.4. The number of carbonyl (C=O) groups excluding carboxylic acids is 1. The lowest BCUT2D eigenvalue weighted by Gasteiger charge is -2.09. The zero-order chi connectivity index (χ0) is 13.3. The van der Waals surface area contributed by atoms with Crippen molar-refractivity contribution in [1.82, 2.24) is 4.98 Å². The quantitative estimate of drug-likeness (QED) is 0.772. The van der Waals surface area contributed by atoms with Crippen LogP contribution in [0.15, 0.2) is 30.5 Å². The zero-order valence-electron chi connectivity index (χ0n) is 9.28. The summed E-state index contributed by atoms with van der Waals surface area (Å²) in [6, 6.07) is 5.22. The van der Waals surface area contributed by atoms with E-state index in [1.165, 1.54) is 31.3 Å². The molecule has 2 aromatic rings. The highest BCUT2D eigenvalue weighted by Gasteiger charge is 2.34. The van der Waals surface area contributed by atoms with Gasteiger partial charge in [0.05, 0.1) is 21.0 Å². The minimum absolute atomic E-state index is 0.137. The third-order valence-electron chi connectivity index (χ3n) is 2.30. The SMILES string of the molecule is CC(=O)c1ccc(-c2ncccc2C(F)(F)F)s1. The van der Waals surface area contributed by atoms with Gasteiger partial charge in [-0.15, -0.1) is 11.3 Å². The number of rotatable bonds is 2. The van der Waals surface area contributed by atoms with Crippen LogP contribution >= 0.6 is 11.3 Å². The second kappa shape index (κ2) is 4.53. The fourth-order valence-corrected chi connectivity index (χ4v) is 2.40. The molecule has 2 rings (SSSR count). The van der Waals surface area contributed by atoms with Gasteiger partial charge in [-0.3, -0.25) is 9.78 Å². The molecule has 2 nitrogen and oxygen atoms in total. The van der Waals surface area contributed by atoms with Crippen molar-refractivity contribution in [3.05, 3.63) is 40.9 Å². The summed E-state index contributed by atoms with van der Waals surface area (Å²) in [6.07, 6.45) is -3.15. The predicted octanol–water partition coefficient (Wildman–Crippen LogP) is 4.03. The van der Waals surface area contributed by atoms with Crippen LogP contribution in [-0.2, 0) is 6.18 Å². The van der Waals surface area contributed by atoms with Gasteiger partial charge in [0.15, 0.2) is 5.78 Å². The molecule has 94 valence electrons. The van der Waals surface area contributed by atoms with Crippen LogP contribution in [0.3, 0.4) is 0 Å². The highest BCUT2D eigenvalue weighted by Crippen LogP contribution is 2.38. The largest absolute Gasteiger partial charge is 0.418 e. The Labute approximate surface area is 105 Å². The minimum atomic E-state index is -4.45. The Bertz CT molecular complexity index is 589. The minimum Gasteiger partial charge on any atom is -0.294 e. The van der Waals surface area contributed by atoms with Gasteiger partial charge in [-0.05, 0) is 31.2 Å². The van der Waals surface area contributed by atoms with Crippen LogP contribution in [0.5, 0.6) is 0 Å². The topological polar surface area (TPSA) is 30.0 Å². The fraction of sp³-hybridized carbons (Fsp3) is 0.167. The first-order valence-electron chi connectivity index (χ1n) is 5.03. The van der Waals surface area contributed by atoms with Crippen LogP contribution in [0.4, 0.5) is 13.2 Å². The van der Waals surface area contributed by atoms with Crippen molar-refractivity contribution in [2.45, 2.75) is 13.1 Å². The molecule has 0 aromatic carbocycles. The molecule has 0 aliphatic heterocycles. The lowest BCUT2D eigenvalue weighted by Crippen LogP contribution is -2.07. The Kier molecular flexibility index (Phi) is 3.21. The maximum atomic E-state index is 12.8. The first kappa shape index (κ1) is 12.8.